The summed E-state index contributed by atoms with van der Waals surface area (Å²) in [5, 5.41) is 3.20. The minimum absolute atomic E-state index is 0.256. The molecule has 21 heavy (non-hydrogen) atoms. The number of carbonyl (C=O) groups is 1. The summed E-state index contributed by atoms with van der Waals surface area (Å²) in [6.45, 7) is 0.396. The number of alkyl halides is 3. The number of carbonyl (C=O) groups excluding carboxylic acids is 1. The monoisotopic (exact) mass is 298 g/mol. The van der Waals surface area contributed by atoms with Gasteiger partial charge in [0.05, 0.1) is 0 Å². The van der Waals surface area contributed by atoms with Gasteiger partial charge < -0.3 is 10.2 Å². The predicted octanol–water partition coefficient (Wildman–Crippen LogP) is 2.50. The lowest BCUT2D eigenvalue weighted by Crippen LogP contribution is -2.40. The van der Waals surface area contributed by atoms with E-state index in [4.69, 9.17) is 0 Å². The van der Waals surface area contributed by atoms with Crippen LogP contribution in [0.2, 0.25) is 0 Å². The van der Waals surface area contributed by atoms with E-state index >= 15 is 0 Å². The number of amides is 1. The van der Waals surface area contributed by atoms with Crippen molar-refractivity contribution in [3.63, 3.8) is 0 Å². The number of rotatable bonds is 3. The summed E-state index contributed by atoms with van der Waals surface area (Å²) in [7, 11) is 0. The van der Waals surface area contributed by atoms with Gasteiger partial charge in [0.25, 0.3) is 5.91 Å². The summed E-state index contributed by atoms with van der Waals surface area (Å²) >= 11 is 0. The van der Waals surface area contributed by atoms with Gasteiger partial charge in [0.1, 0.15) is 6.54 Å². The van der Waals surface area contributed by atoms with Gasteiger partial charge in [0.15, 0.2) is 0 Å². The standard InChI is InChI=1S/C15H17F3N2O/c16-15(17,18)9-20(13-3-4-13)14(21)11-2-1-10-5-6-19-8-12(10)7-11/h1-2,7,13,19H,3-6,8-9H2. The van der Waals surface area contributed by atoms with E-state index in [-0.39, 0.29) is 6.04 Å². The maximum Gasteiger partial charge on any atom is 0.406 e. The lowest BCUT2D eigenvalue weighted by Gasteiger charge is -2.25. The lowest BCUT2D eigenvalue weighted by atomic mass is 9.98. The normalized spacial score (nSPS) is 18.2. The van der Waals surface area contributed by atoms with E-state index in [2.05, 4.69) is 5.32 Å². The fourth-order valence-corrected chi connectivity index (χ4v) is 2.73. The van der Waals surface area contributed by atoms with Crippen molar-refractivity contribution >= 4 is 5.91 Å². The highest BCUT2D eigenvalue weighted by atomic mass is 19.4. The zero-order valence-corrected chi connectivity index (χ0v) is 11.5. The van der Waals surface area contributed by atoms with E-state index in [0.717, 1.165) is 23.4 Å². The highest BCUT2D eigenvalue weighted by molar-refractivity contribution is 5.95. The second-order valence-corrected chi connectivity index (χ2v) is 5.69. The molecule has 1 N–H and O–H groups in total. The van der Waals surface area contributed by atoms with Crippen molar-refractivity contribution < 1.29 is 18.0 Å². The molecule has 1 heterocycles. The van der Waals surface area contributed by atoms with Gasteiger partial charge in [0, 0.05) is 18.2 Å². The molecule has 1 saturated carbocycles. The molecule has 1 aliphatic carbocycles. The van der Waals surface area contributed by atoms with Crippen LogP contribution < -0.4 is 5.32 Å². The molecule has 0 bridgehead atoms. The van der Waals surface area contributed by atoms with Gasteiger partial charge in [-0.1, -0.05) is 6.07 Å². The quantitative estimate of drug-likeness (QED) is 0.930. The molecule has 6 heteroatoms. The van der Waals surface area contributed by atoms with Crippen molar-refractivity contribution in [3.8, 4) is 0 Å². The van der Waals surface area contributed by atoms with Crippen LogP contribution in [0.15, 0.2) is 18.2 Å². The van der Waals surface area contributed by atoms with Crippen molar-refractivity contribution in [3.05, 3.63) is 34.9 Å². The van der Waals surface area contributed by atoms with Crippen LogP contribution >= 0.6 is 0 Å². The molecule has 114 valence electrons. The Kier molecular flexibility index (Phi) is 3.65. The number of hydrogen-bond acceptors (Lipinski definition) is 2. The summed E-state index contributed by atoms with van der Waals surface area (Å²) < 4.78 is 37.9. The Morgan fingerprint density at radius 3 is 2.71 bits per heavy atom. The minimum atomic E-state index is -4.35. The first-order chi connectivity index (χ1) is 9.94. The molecule has 1 aromatic carbocycles. The third-order valence-corrected chi connectivity index (χ3v) is 3.94. The molecule has 0 aromatic heterocycles. The fraction of sp³-hybridized carbons (Fsp3) is 0.533. The second kappa shape index (κ2) is 5.33. The topological polar surface area (TPSA) is 32.3 Å². The molecule has 0 saturated heterocycles. The van der Waals surface area contributed by atoms with Gasteiger partial charge in [-0.3, -0.25) is 4.79 Å². The SMILES string of the molecule is O=C(c1ccc2c(c1)CNCC2)N(CC(F)(F)F)C1CC1. The summed E-state index contributed by atoms with van der Waals surface area (Å²) in [5.74, 6) is -0.511. The number of fused-ring (bicyclic) bond motifs is 1. The van der Waals surface area contributed by atoms with Crippen molar-refractivity contribution in [2.24, 2.45) is 0 Å². The summed E-state index contributed by atoms with van der Waals surface area (Å²) in [6.07, 6.45) is -2.14. The smallest absolute Gasteiger partial charge is 0.327 e. The first-order valence-corrected chi connectivity index (χ1v) is 7.14. The number of nitrogens with one attached hydrogen (secondary N) is 1. The van der Waals surface area contributed by atoms with Crippen LogP contribution in [0.5, 0.6) is 0 Å². The third-order valence-electron chi connectivity index (χ3n) is 3.94. The summed E-state index contributed by atoms with van der Waals surface area (Å²) in [5.41, 5.74) is 2.53. The van der Waals surface area contributed by atoms with Crippen LogP contribution in [0.4, 0.5) is 13.2 Å². The Morgan fingerprint density at radius 2 is 2.05 bits per heavy atom. The molecule has 2 aliphatic rings. The van der Waals surface area contributed by atoms with Crippen LogP contribution in [0, 0.1) is 0 Å². The average molecular weight is 298 g/mol. The number of halogens is 3. The van der Waals surface area contributed by atoms with Gasteiger partial charge in [0.2, 0.25) is 0 Å². The van der Waals surface area contributed by atoms with E-state index < -0.39 is 18.6 Å². The average Bonchev–Trinajstić information content (AvgIpc) is 3.27. The van der Waals surface area contributed by atoms with Gasteiger partial charge in [-0.25, -0.2) is 0 Å². The van der Waals surface area contributed by atoms with Crippen LogP contribution in [0.25, 0.3) is 0 Å². The van der Waals surface area contributed by atoms with Crippen molar-refractivity contribution in [1.82, 2.24) is 10.2 Å². The highest BCUT2D eigenvalue weighted by Crippen LogP contribution is 2.31. The number of hydrogen-bond donors (Lipinski definition) is 1. The predicted molar refractivity (Wildman–Crippen MR) is 72.0 cm³/mol. The summed E-state index contributed by atoms with van der Waals surface area (Å²) in [4.78, 5) is 13.4. The Hall–Kier alpha value is -1.56. The van der Waals surface area contributed by atoms with Crippen molar-refractivity contribution in [1.29, 1.82) is 0 Å². The van der Waals surface area contributed by atoms with Crippen molar-refractivity contribution in [2.45, 2.75) is 38.0 Å². The molecular formula is C15H17F3N2O. The Bertz CT molecular complexity index is 552. The zero-order valence-electron chi connectivity index (χ0n) is 11.5. The molecule has 3 nitrogen and oxygen atoms in total. The van der Waals surface area contributed by atoms with Crippen LogP contribution in [0.3, 0.4) is 0 Å². The van der Waals surface area contributed by atoms with Crippen LogP contribution in [-0.2, 0) is 13.0 Å². The van der Waals surface area contributed by atoms with Crippen LogP contribution in [-0.4, -0.2) is 36.1 Å². The van der Waals surface area contributed by atoms with Crippen molar-refractivity contribution in [2.75, 3.05) is 13.1 Å². The van der Waals surface area contributed by atoms with E-state index in [1.54, 1.807) is 12.1 Å². The third kappa shape index (κ3) is 3.37. The molecule has 0 atom stereocenters. The van der Waals surface area contributed by atoms with E-state index in [9.17, 15) is 18.0 Å². The van der Waals surface area contributed by atoms with E-state index in [1.807, 2.05) is 6.07 Å². The molecule has 3 rings (SSSR count). The fourth-order valence-electron chi connectivity index (χ4n) is 2.73. The largest absolute Gasteiger partial charge is 0.406 e. The van der Waals surface area contributed by atoms with Gasteiger partial charge in [-0.2, -0.15) is 13.2 Å². The Labute approximate surface area is 121 Å². The first-order valence-electron chi connectivity index (χ1n) is 7.14. The number of benzene rings is 1. The molecule has 1 amide bonds. The molecule has 0 radical (unpaired) electrons. The maximum atomic E-state index is 12.6. The summed E-state index contributed by atoms with van der Waals surface area (Å²) in [6, 6.07) is 4.99. The van der Waals surface area contributed by atoms with E-state index in [1.165, 1.54) is 5.56 Å². The zero-order chi connectivity index (χ0) is 15.0. The first kappa shape index (κ1) is 14.4. The van der Waals surface area contributed by atoms with Gasteiger partial charge in [-0.05, 0) is 49.1 Å². The van der Waals surface area contributed by atoms with Gasteiger partial charge >= 0.3 is 6.18 Å². The van der Waals surface area contributed by atoms with Crippen LogP contribution in [0.1, 0.15) is 34.3 Å². The maximum absolute atomic E-state index is 12.6. The molecule has 1 aromatic rings. The van der Waals surface area contributed by atoms with E-state index in [0.29, 0.717) is 24.9 Å². The molecular weight excluding hydrogens is 281 g/mol. The molecule has 1 aliphatic heterocycles. The number of nitrogens with zero attached hydrogens (tertiary/aromatic N) is 1. The van der Waals surface area contributed by atoms with Gasteiger partial charge in [-0.15, -0.1) is 0 Å². The lowest BCUT2D eigenvalue weighted by molar-refractivity contribution is -0.141. The molecule has 0 spiro atoms. The Balaban J connectivity index is 1.82. The highest BCUT2D eigenvalue weighted by Gasteiger charge is 2.40. The Morgan fingerprint density at radius 1 is 1.29 bits per heavy atom. The second-order valence-electron chi connectivity index (χ2n) is 5.69. The minimum Gasteiger partial charge on any atom is -0.327 e. The molecule has 0 unspecified atom stereocenters. The molecule has 1 fully saturated rings.